The lowest BCUT2D eigenvalue weighted by Crippen LogP contribution is -2.34. The van der Waals surface area contributed by atoms with E-state index in [1.54, 1.807) is 0 Å². The molecule has 14 heavy (non-hydrogen) atoms. The molecular formula is C7H14N2O4S. The van der Waals surface area contributed by atoms with E-state index >= 15 is 0 Å². The summed E-state index contributed by atoms with van der Waals surface area (Å²) in [7, 11) is 0. The van der Waals surface area contributed by atoms with E-state index in [9.17, 15) is 9.59 Å². The zero-order valence-electron chi connectivity index (χ0n) is 7.55. The monoisotopic (exact) mass is 222 g/mol. The molecule has 0 aliphatic rings. The number of nitrogens with two attached hydrogens (primary N) is 2. The van der Waals surface area contributed by atoms with Gasteiger partial charge in [0.2, 0.25) is 0 Å². The number of hydrogen-bond acceptors (Lipinski definition) is 5. The minimum absolute atomic E-state index is 0.116. The lowest BCUT2D eigenvalue weighted by atomic mass is 10.2. The van der Waals surface area contributed by atoms with Gasteiger partial charge in [-0.2, -0.15) is 11.8 Å². The number of rotatable bonds is 7. The minimum atomic E-state index is -1.07. The summed E-state index contributed by atoms with van der Waals surface area (Å²) in [6, 6.07) is -1.38. The van der Waals surface area contributed by atoms with Crippen molar-refractivity contribution in [3.8, 4) is 0 Å². The molecule has 7 heteroatoms. The zero-order chi connectivity index (χ0) is 11.1. The number of hydrogen-bond donors (Lipinski definition) is 4. The van der Waals surface area contributed by atoms with Crippen LogP contribution in [0.25, 0.3) is 0 Å². The first-order chi connectivity index (χ1) is 6.43. The fraction of sp³-hybridized carbons (Fsp3) is 0.714. The van der Waals surface area contributed by atoms with E-state index in [2.05, 4.69) is 0 Å². The van der Waals surface area contributed by atoms with Gasteiger partial charge in [-0.05, 0) is 0 Å². The highest BCUT2D eigenvalue weighted by molar-refractivity contribution is 7.99. The smallest absolute Gasteiger partial charge is 0.321 e. The van der Waals surface area contributed by atoms with Gasteiger partial charge in [0, 0.05) is 17.5 Å². The lowest BCUT2D eigenvalue weighted by molar-refractivity contribution is -0.138. The molecule has 0 spiro atoms. The second-order valence-corrected chi connectivity index (χ2v) is 3.92. The van der Waals surface area contributed by atoms with Gasteiger partial charge in [0.1, 0.15) is 6.04 Å². The van der Waals surface area contributed by atoms with Crippen molar-refractivity contribution in [2.75, 3.05) is 11.5 Å². The fourth-order valence-electron chi connectivity index (χ4n) is 0.701. The van der Waals surface area contributed by atoms with Crippen LogP contribution in [0.15, 0.2) is 0 Å². The van der Waals surface area contributed by atoms with Gasteiger partial charge < -0.3 is 21.7 Å². The van der Waals surface area contributed by atoms with Crippen molar-refractivity contribution in [1.29, 1.82) is 0 Å². The van der Waals surface area contributed by atoms with Crippen LogP contribution in [0, 0.1) is 0 Å². The van der Waals surface area contributed by atoms with Crippen molar-refractivity contribution >= 4 is 23.7 Å². The molecule has 0 fully saturated rings. The van der Waals surface area contributed by atoms with Crippen molar-refractivity contribution < 1.29 is 19.8 Å². The highest BCUT2D eigenvalue weighted by Gasteiger charge is 2.13. The Morgan fingerprint density at radius 1 is 1.21 bits per heavy atom. The quantitative estimate of drug-likeness (QED) is 0.432. The summed E-state index contributed by atoms with van der Waals surface area (Å²) >= 11 is 1.25. The Balaban J connectivity index is 3.53. The van der Waals surface area contributed by atoms with Gasteiger partial charge in [-0.1, -0.05) is 0 Å². The van der Waals surface area contributed by atoms with Crippen LogP contribution < -0.4 is 11.5 Å². The fourth-order valence-corrected chi connectivity index (χ4v) is 1.65. The number of carboxylic acids is 2. The molecule has 0 amide bonds. The summed E-state index contributed by atoms with van der Waals surface area (Å²) in [5.41, 5.74) is 10.7. The molecule has 82 valence electrons. The molecular weight excluding hydrogens is 208 g/mol. The normalized spacial score (nSPS) is 14.7. The van der Waals surface area contributed by atoms with Crippen molar-refractivity contribution in [2.45, 2.75) is 18.5 Å². The van der Waals surface area contributed by atoms with Crippen LogP contribution in [0.4, 0.5) is 0 Å². The van der Waals surface area contributed by atoms with E-state index in [-0.39, 0.29) is 12.2 Å². The maximum absolute atomic E-state index is 10.3. The first-order valence-electron chi connectivity index (χ1n) is 3.97. The molecule has 0 aliphatic heterocycles. The first-order valence-corrected chi connectivity index (χ1v) is 5.12. The maximum Gasteiger partial charge on any atom is 0.321 e. The van der Waals surface area contributed by atoms with E-state index in [0.29, 0.717) is 5.75 Å². The SMILES string of the molecule is NC(CSC[C@@H](N)CC(=O)O)C(=O)O. The second kappa shape index (κ2) is 6.63. The van der Waals surface area contributed by atoms with Crippen molar-refractivity contribution in [3.05, 3.63) is 0 Å². The standard InChI is InChI=1S/C7H14N2O4S/c8-4(1-6(10)11)2-14-3-5(9)7(12)13/h4-5H,1-3,8-9H2,(H,10,11)(H,12,13)/t4-,5?/m0/s1. The maximum atomic E-state index is 10.3. The van der Waals surface area contributed by atoms with Gasteiger partial charge in [-0.15, -0.1) is 0 Å². The van der Waals surface area contributed by atoms with E-state index in [1.807, 2.05) is 0 Å². The summed E-state index contributed by atoms with van der Waals surface area (Å²) < 4.78 is 0. The number of carbonyl (C=O) groups is 2. The molecule has 0 rings (SSSR count). The summed E-state index contributed by atoms with van der Waals surface area (Å²) in [6.07, 6.45) is -0.116. The number of thioether (sulfide) groups is 1. The molecule has 0 aliphatic carbocycles. The summed E-state index contributed by atoms with van der Waals surface area (Å²) in [5.74, 6) is -1.39. The van der Waals surface area contributed by atoms with Crippen LogP contribution in [0.5, 0.6) is 0 Å². The Kier molecular flexibility index (Phi) is 6.26. The van der Waals surface area contributed by atoms with Gasteiger partial charge >= 0.3 is 11.9 Å². The Labute approximate surface area is 85.6 Å². The molecule has 0 radical (unpaired) electrons. The van der Waals surface area contributed by atoms with Crippen molar-refractivity contribution in [1.82, 2.24) is 0 Å². The molecule has 6 N–H and O–H groups in total. The number of aliphatic carboxylic acids is 2. The molecule has 1 unspecified atom stereocenters. The predicted octanol–water partition coefficient (Wildman–Crippen LogP) is -1.07. The first kappa shape index (κ1) is 13.2. The predicted molar refractivity (Wildman–Crippen MR) is 53.2 cm³/mol. The molecule has 0 aromatic heterocycles. The van der Waals surface area contributed by atoms with Gasteiger partial charge in [-0.3, -0.25) is 9.59 Å². The second-order valence-electron chi connectivity index (χ2n) is 2.84. The van der Waals surface area contributed by atoms with Gasteiger partial charge in [-0.25, -0.2) is 0 Å². The molecule has 0 aromatic rings. The van der Waals surface area contributed by atoms with Crippen LogP contribution in [0.2, 0.25) is 0 Å². The Morgan fingerprint density at radius 2 is 1.79 bits per heavy atom. The summed E-state index contributed by atoms with van der Waals surface area (Å²) in [5, 5.41) is 16.8. The van der Waals surface area contributed by atoms with Crippen LogP contribution in [-0.4, -0.2) is 45.7 Å². The third-order valence-corrected chi connectivity index (χ3v) is 2.64. The van der Waals surface area contributed by atoms with Crippen LogP contribution >= 0.6 is 11.8 Å². The summed E-state index contributed by atoms with van der Waals surface area (Å²) in [6.45, 7) is 0. The van der Waals surface area contributed by atoms with Crippen molar-refractivity contribution in [2.24, 2.45) is 11.5 Å². The molecule has 6 nitrogen and oxygen atoms in total. The largest absolute Gasteiger partial charge is 0.481 e. The van der Waals surface area contributed by atoms with Gasteiger partial charge in [0.05, 0.1) is 6.42 Å². The summed E-state index contributed by atoms with van der Waals surface area (Å²) in [4.78, 5) is 20.5. The Morgan fingerprint density at radius 3 is 2.21 bits per heavy atom. The molecule has 0 heterocycles. The average Bonchev–Trinajstić information content (AvgIpc) is 2.02. The van der Waals surface area contributed by atoms with Crippen molar-refractivity contribution in [3.63, 3.8) is 0 Å². The van der Waals surface area contributed by atoms with Gasteiger partial charge in [0.15, 0.2) is 0 Å². The lowest BCUT2D eigenvalue weighted by Gasteiger charge is -2.09. The van der Waals surface area contributed by atoms with E-state index in [1.165, 1.54) is 11.8 Å². The number of carboxylic acid groups (broad SMARTS) is 2. The molecule has 0 saturated carbocycles. The molecule has 2 atom stereocenters. The average molecular weight is 222 g/mol. The topological polar surface area (TPSA) is 127 Å². The Hall–Kier alpha value is -0.790. The van der Waals surface area contributed by atoms with E-state index < -0.39 is 24.0 Å². The van der Waals surface area contributed by atoms with Gasteiger partial charge in [0.25, 0.3) is 0 Å². The third-order valence-electron chi connectivity index (χ3n) is 1.38. The van der Waals surface area contributed by atoms with Crippen LogP contribution in [0.1, 0.15) is 6.42 Å². The highest BCUT2D eigenvalue weighted by Crippen LogP contribution is 2.05. The van der Waals surface area contributed by atoms with Crippen LogP contribution in [0.3, 0.4) is 0 Å². The van der Waals surface area contributed by atoms with E-state index in [0.717, 1.165) is 0 Å². The Bertz CT molecular complexity index is 212. The molecule has 0 saturated heterocycles. The third kappa shape index (κ3) is 6.70. The molecule has 0 aromatic carbocycles. The minimum Gasteiger partial charge on any atom is -0.481 e. The zero-order valence-corrected chi connectivity index (χ0v) is 8.37. The highest BCUT2D eigenvalue weighted by atomic mass is 32.2. The molecule has 0 bridgehead atoms. The van der Waals surface area contributed by atoms with E-state index in [4.69, 9.17) is 21.7 Å². The van der Waals surface area contributed by atoms with Crippen LogP contribution in [-0.2, 0) is 9.59 Å².